The van der Waals surface area contributed by atoms with Gasteiger partial charge in [-0.05, 0) is 49.8 Å². The number of para-hydroxylation sites is 1. The van der Waals surface area contributed by atoms with Crippen molar-refractivity contribution in [3.63, 3.8) is 0 Å². The number of amides is 1. The highest BCUT2D eigenvalue weighted by Crippen LogP contribution is 2.23. The van der Waals surface area contributed by atoms with Crippen molar-refractivity contribution in [3.05, 3.63) is 59.0 Å². The van der Waals surface area contributed by atoms with Crippen molar-refractivity contribution in [1.82, 2.24) is 15.2 Å². The van der Waals surface area contributed by atoms with Gasteiger partial charge in [0.2, 0.25) is 0 Å². The van der Waals surface area contributed by atoms with Gasteiger partial charge in [-0.3, -0.25) is 10.1 Å². The minimum atomic E-state index is -0.189. The van der Waals surface area contributed by atoms with Crippen LogP contribution < -0.4 is 10.6 Å². The molecule has 1 amide bonds. The second-order valence-electron chi connectivity index (χ2n) is 4.98. The number of nitrogens with zero attached hydrogens (tertiary/aromatic N) is 1. The maximum absolute atomic E-state index is 11.8. The molecular weight excluding hydrogens is 282 g/mol. The standard InChI is InChI=1S/C16H15N3OS/c1-10-9-19(12-6-4-3-5-7-12)11(2)13(10)8-14-15(20)18-16(21)17-14/h3-9H,1-2H3,(H2,17,18,20,21)/b14-8-. The Morgan fingerprint density at radius 1 is 1.14 bits per heavy atom. The van der Waals surface area contributed by atoms with Gasteiger partial charge < -0.3 is 9.88 Å². The van der Waals surface area contributed by atoms with E-state index in [-0.39, 0.29) is 5.91 Å². The maximum atomic E-state index is 11.8. The van der Waals surface area contributed by atoms with Crippen LogP contribution in [0.5, 0.6) is 0 Å². The molecule has 2 heterocycles. The summed E-state index contributed by atoms with van der Waals surface area (Å²) in [7, 11) is 0. The number of nitrogens with one attached hydrogen (secondary N) is 2. The molecule has 1 saturated heterocycles. The molecule has 5 heteroatoms. The topological polar surface area (TPSA) is 46.1 Å². The quantitative estimate of drug-likeness (QED) is 0.661. The van der Waals surface area contributed by atoms with Gasteiger partial charge in [0, 0.05) is 23.1 Å². The first-order valence-corrected chi connectivity index (χ1v) is 7.05. The van der Waals surface area contributed by atoms with Crippen LogP contribution in [0.2, 0.25) is 0 Å². The first-order chi connectivity index (χ1) is 10.1. The van der Waals surface area contributed by atoms with Gasteiger partial charge in [-0.15, -0.1) is 0 Å². The summed E-state index contributed by atoms with van der Waals surface area (Å²) >= 11 is 4.95. The number of aryl methyl sites for hydroxylation is 1. The van der Waals surface area contributed by atoms with E-state index in [1.54, 1.807) is 0 Å². The molecule has 0 saturated carbocycles. The van der Waals surface area contributed by atoms with E-state index in [2.05, 4.69) is 33.5 Å². The zero-order chi connectivity index (χ0) is 15.0. The predicted octanol–water partition coefficient (Wildman–Crippen LogP) is 2.44. The van der Waals surface area contributed by atoms with Crippen LogP contribution >= 0.6 is 12.2 Å². The molecular formula is C16H15N3OS. The molecule has 1 aliphatic heterocycles. The third-order valence-corrected chi connectivity index (χ3v) is 3.75. The Hall–Kier alpha value is -2.40. The number of hydrogen-bond donors (Lipinski definition) is 2. The minimum absolute atomic E-state index is 0.189. The molecule has 0 atom stereocenters. The number of aromatic nitrogens is 1. The fourth-order valence-corrected chi connectivity index (χ4v) is 2.68. The third kappa shape index (κ3) is 2.48. The zero-order valence-electron chi connectivity index (χ0n) is 11.8. The number of benzene rings is 1. The minimum Gasteiger partial charge on any atom is -0.328 e. The predicted molar refractivity (Wildman–Crippen MR) is 87.1 cm³/mol. The van der Waals surface area contributed by atoms with E-state index in [1.807, 2.05) is 38.1 Å². The van der Waals surface area contributed by atoms with Gasteiger partial charge in [0.25, 0.3) is 5.91 Å². The molecule has 0 aliphatic carbocycles. The average molecular weight is 297 g/mol. The average Bonchev–Trinajstić information content (AvgIpc) is 2.93. The summed E-state index contributed by atoms with van der Waals surface area (Å²) in [5.41, 5.74) is 4.80. The number of hydrogen-bond acceptors (Lipinski definition) is 2. The summed E-state index contributed by atoms with van der Waals surface area (Å²) in [6.45, 7) is 4.07. The smallest absolute Gasteiger partial charge is 0.273 e. The van der Waals surface area contributed by atoms with Crippen LogP contribution in [0.25, 0.3) is 11.8 Å². The van der Waals surface area contributed by atoms with Crippen molar-refractivity contribution in [2.45, 2.75) is 13.8 Å². The Balaban J connectivity index is 2.06. The lowest BCUT2D eigenvalue weighted by Gasteiger charge is -2.06. The SMILES string of the molecule is Cc1cn(-c2ccccc2)c(C)c1/C=C1\NC(=S)NC1=O. The van der Waals surface area contributed by atoms with E-state index in [4.69, 9.17) is 12.2 Å². The largest absolute Gasteiger partial charge is 0.328 e. The molecule has 106 valence electrons. The number of carbonyl (C=O) groups is 1. The van der Waals surface area contributed by atoms with Gasteiger partial charge in [0.15, 0.2) is 5.11 Å². The maximum Gasteiger partial charge on any atom is 0.273 e. The highest BCUT2D eigenvalue weighted by Gasteiger charge is 2.21. The van der Waals surface area contributed by atoms with Crippen LogP contribution in [0.15, 0.2) is 42.2 Å². The summed E-state index contributed by atoms with van der Waals surface area (Å²) in [5.74, 6) is -0.189. The van der Waals surface area contributed by atoms with Crippen molar-refractivity contribution < 1.29 is 4.79 Å². The summed E-state index contributed by atoms with van der Waals surface area (Å²) in [6.07, 6.45) is 3.92. The van der Waals surface area contributed by atoms with Gasteiger partial charge in [-0.25, -0.2) is 0 Å². The second kappa shape index (κ2) is 5.18. The normalized spacial score (nSPS) is 16.2. The summed E-state index contributed by atoms with van der Waals surface area (Å²) < 4.78 is 2.12. The van der Waals surface area contributed by atoms with Crippen molar-refractivity contribution in [2.75, 3.05) is 0 Å². The second-order valence-corrected chi connectivity index (χ2v) is 5.39. The van der Waals surface area contributed by atoms with E-state index in [0.717, 1.165) is 22.5 Å². The van der Waals surface area contributed by atoms with Crippen LogP contribution in [0.4, 0.5) is 0 Å². The summed E-state index contributed by atoms with van der Waals surface area (Å²) in [6, 6.07) is 10.1. The Labute approximate surface area is 128 Å². The van der Waals surface area contributed by atoms with Crippen LogP contribution in [0.1, 0.15) is 16.8 Å². The van der Waals surface area contributed by atoms with Crippen molar-refractivity contribution in [1.29, 1.82) is 0 Å². The molecule has 21 heavy (non-hydrogen) atoms. The van der Waals surface area contributed by atoms with Gasteiger partial charge in [-0.2, -0.15) is 0 Å². The zero-order valence-corrected chi connectivity index (χ0v) is 12.6. The van der Waals surface area contributed by atoms with Crippen LogP contribution in [-0.4, -0.2) is 15.6 Å². The Bertz CT molecular complexity index is 759. The van der Waals surface area contributed by atoms with E-state index in [0.29, 0.717) is 10.8 Å². The highest BCUT2D eigenvalue weighted by atomic mass is 32.1. The fraction of sp³-hybridized carbons (Fsp3) is 0.125. The van der Waals surface area contributed by atoms with Gasteiger partial charge in [0.05, 0.1) is 0 Å². The van der Waals surface area contributed by atoms with Crippen molar-refractivity contribution in [2.24, 2.45) is 0 Å². The highest BCUT2D eigenvalue weighted by molar-refractivity contribution is 7.80. The van der Waals surface area contributed by atoms with Crippen molar-refractivity contribution >= 4 is 29.3 Å². The van der Waals surface area contributed by atoms with Crippen LogP contribution in [0, 0.1) is 13.8 Å². The van der Waals surface area contributed by atoms with Gasteiger partial charge in [-0.1, -0.05) is 18.2 Å². The Morgan fingerprint density at radius 2 is 1.86 bits per heavy atom. The molecule has 1 aliphatic rings. The Morgan fingerprint density at radius 3 is 2.48 bits per heavy atom. The number of rotatable bonds is 2. The first kappa shape index (κ1) is 13.6. The molecule has 2 aromatic rings. The van der Waals surface area contributed by atoms with Crippen molar-refractivity contribution in [3.8, 4) is 5.69 Å². The van der Waals surface area contributed by atoms with E-state index in [9.17, 15) is 4.79 Å². The molecule has 0 unspecified atom stereocenters. The molecule has 0 radical (unpaired) electrons. The molecule has 3 rings (SSSR count). The van der Waals surface area contributed by atoms with Gasteiger partial charge in [0.1, 0.15) is 5.70 Å². The van der Waals surface area contributed by atoms with E-state index in [1.165, 1.54) is 0 Å². The van der Waals surface area contributed by atoms with Crippen LogP contribution in [-0.2, 0) is 4.79 Å². The van der Waals surface area contributed by atoms with Gasteiger partial charge >= 0.3 is 0 Å². The Kier molecular flexibility index (Phi) is 3.35. The molecule has 1 fully saturated rings. The lowest BCUT2D eigenvalue weighted by molar-refractivity contribution is -0.115. The lowest BCUT2D eigenvalue weighted by atomic mass is 10.1. The molecule has 4 nitrogen and oxygen atoms in total. The lowest BCUT2D eigenvalue weighted by Crippen LogP contribution is -2.21. The number of thiocarbonyl (C=S) groups is 1. The molecule has 1 aromatic heterocycles. The molecule has 1 aromatic carbocycles. The summed E-state index contributed by atoms with van der Waals surface area (Å²) in [5, 5.41) is 5.80. The first-order valence-electron chi connectivity index (χ1n) is 6.64. The van der Waals surface area contributed by atoms with E-state index < -0.39 is 0 Å². The number of carbonyl (C=O) groups excluding carboxylic acids is 1. The molecule has 0 bridgehead atoms. The van der Waals surface area contributed by atoms with E-state index >= 15 is 0 Å². The summed E-state index contributed by atoms with van der Waals surface area (Å²) in [4.78, 5) is 11.8. The monoisotopic (exact) mass is 297 g/mol. The molecule has 2 N–H and O–H groups in total. The molecule has 0 spiro atoms. The third-order valence-electron chi connectivity index (χ3n) is 3.54. The van der Waals surface area contributed by atoms with Crippen LogP contribution in [0.3, 0.4) is 0 Å². The fourth-order valence-electron chi connectivity index (χ4n) is 2.48.